The lowest BCUT2D eigenvalue weighted by Gasteiger charge is -2.15. The van der Waals surface area contributed by atoms with Gasteiger partial charge < -0.3 is 24.6 Å². The van der Waals surface area contributed by atoms with Crippen LogP contribution in [-0.4, -0.2) is 47.0 Å². The number of esters is 1. The number of hydrogen-bond acceptors (Lipinski definition) is 6. The van der Waals surface area contributed by atoms with Crippen molar-refractivity contribution in [2.24, 2.45) is 0 Å². The van der Waals surface area contributed by atoms with Crippen LogP contribution in [0.2, 0.25) is 0 Å². The van der Waals surface area contributed by atoms with Crippen LogP contribution >= 0.6 is 8.38 Å². The molecule has 9 heteroatoms. The Labute approximate surface area is 112 Å². The zero-order valence-corrected chi connectivity index (χ0v) is 11.7. The quantitative estimate of drug-likeness (QED) is 0.351. The summed E-state index contributed by atoms with van der Waals surface area (Å²) in [6.45, 7) is 2.76. The van der Waals surface area contributed by atoms with Crippen molar-refractivity contribution in [3.63, 3.8) is 0 Å². The molecule has 0 aromatic rings. The zero-order valence-electron chi connectivity index (χ0n) is 10.8. The van der Waals surface area contributed by atoms with Gasteiger partial charge in [0.05, 0.1) is 12.7 Å². The van der Waals surface area contributed by atoms with Gasteiger partial charge in [-0.1, -0.05) is 6.92 Å². The Morgan fingerprint density at radius 3 is 2.53 bits per heavy atom. The van der Waals surface area contributed by atoms with Gasteiger partial charge in [0.15, 0.2) is 8.38 Å². The van der Waals surface area contributed by atoms with Crippen LogP contribution < -0.4 is 5.32 Å². The summed E-state index contributed by atoms with van der Waals surface area (Å²) in [5.74, 6) is -0.489. The normalized spacial score (nSPS) is 13.8. The fourth-order valence-electron chi connectivity index (χ4n) is 1.10. The molecule has 112 valence electrons. The summed E-state index contributed by atoms with van der Waals surface area (Å²) in [7, 11) is -2.34. The minimum absolute atomic E-state index is 0.221. The van der Waals surface area contributed by atoms with E-state index >= 15 is 0 Å². The van der Waals surface area contributed by atoms with Crippen molar-refractivity contribution in [3.8, 4) is 0 Å². The molecule has 0 saturated heterocycles. The van der Waals surface area contributed by atoms with E-state index in [9.17, 15) is 14.0 Å². The van der Waals surface area contributed by atoms with E-state index in [1.807, 2.05) is 0 Å². The lowest BCUT2D eigenvalue weighted by Crippen LogP contribution is -2.34. The molecule has 1 unspecified atom stereocenters. The van der Waals surface area contributed by atoms with E-state index in [-0.39, 0.29) is 6.42 Å². The molecule has 0 fully saturated rings. The Bertz CT molecular complexity index is 291. The lowest BCUT2D eigenvalue weighted by molar-refractivity contribution is -0.164. The summed E-state index contributed by atoms with van der Waals surface area (Å²) in [5, 5.41) is 2.08. The highest BCUT2D eigenvalue weighted by Crippen LogP contribution is 2.24. The number of alkyl halides is 1. The smallest absolute Gasteiger partial charge is 0.410 e. The zero-order chi connectivity index (χ0) is 14.8. The number of hydrogen-bond donors (Lipinski definition) is 3. The van der Waals surface area contributed by atoms with Crippen LogP contribution in [0.4, 0.5) is 9.18 Å². The van der Waals surface area contributed by atoms with Gasteiger partial charge in [0.1, 0.15) is 6.17 Å². The van der Waals surface area contributed by atoms with Crippen molar-refractivity contribution in [2.45, 2.75) is 39.2 Å². The lowest BCUT2D eigenvalue weighted by atomic mass is 10.3. The Hall–Kier alpha value is -0.980. The minimum Gasteiger partial charge on any atom is -0.425 e. The molecule has 1 amide bonds. The second-order valence-electron chi connectivity index (χ2n) is 3.75. The molecule has 0 heterocycles. The summed E-state index contributed by atoms with van der Waals surface area (Å²) >= 11 is 0. The monoisotopic (exact) mass is 299 g/mol. The third kappa shape index (κ3) is 10.6. The Morgan fingerprint density at radius 1 is 1.37 bits per heavy atom. The fourth-order valence-corrected chi connectivity index (χ4v) is 1.58. The minimum atomic E-state index is -2.34. The molecular weight excluding hydrogens is 280 g/mol. The van der Waals surface area contributed by atoms with E-state index in [1.165, 1.54) is 6.92 Å². The van der Waals surface area contributed by atoms with Crippen LogP contribution in [0.25, 0.3) is 0 Å². The topological polar surface area (TPSA) is 105 Å². The first kappa shape index (κ1) is 18.0. The maximum absolute atomic E-state index is 13.0. The molecule has 0 aromatic heterocycles. The molecule has 0 bridgehead atoms. The van der Waals surface area contributed by atoms with E-state index in [2.05, 4.69) is 10.1 Å². The largest absolute Gasteiger partial charge is 0.425 e. The molecule has 0 saturated carbocycles. The molecule has 0 aliphatic carbocycles. The van der Waals surface area contributed by atoms with Crippen LogP contribution in [0.1, 0.15) is 26.7 Å². The van der Waals surface area contributed by atoms with Crippen molar-refractivity contribution in [1.82, 2.24) is 5.32 Å². The summed E-state index contributed by atoms with van der Waals surface area (Å²) in [6, 6.07) is 0. The maximum Gasteiger partial charge on any atom is 0.410 e. The first-order chi connectivity index (χ1) is 8.85. The van der Waals surface area contributed by atoms with Gasteiger partial charge >= 0.3 is 12.1 Å². The molecular formula is C10H19FNO6P. The van der Waals surface area contributed by atoms with Gasteiger partial charge in [-0.15, -0.1) is 0 Å². The van der Waals surface area contributed by atoms with Gasteiger partial charge in [-0.3, -0.25) is 4.79 Å². The van der Waals surface area contributed by atoms with Crippen molar-refractivity contribution < 1.29 is 33.2 Å². The number of ether oxygens (including phenoxy) is 2. The van der Waals surface area contributed by atoms with Gasteiger partial charge in [0.2, 0.25) is 6.29 Å². The highest BCUT2D eigenvalue weighted by Gasteiger charge is 2.16. The van der Waals surface area contributed by atoms with Gasteiger partial charge in [-0.05, 0) is 6.42 Å². The molecule has 0 aromatic carbocycles. The number of nitrogens with one attached hydrogen (secondary N) is 1. The van der Waals surface area contributed by atoms with E-state index in [1.54, 1.807) is 6.92 Å². The number of halogens is 1. The molecule has 19 heavy (non-hydrogen) atoms. The Morgan fingerprint density at radius 2 is 2.00 bits per heavy atom. The van der Waals surface area contributed by atoms with Crippen LogP contribution in [0.3, 0.4) is 0 Å². The van der Waals surface area contributed by atoms with Gasteiger partial charge in [-0.2, -0.15) is 0 Å². The molecule has 0 radical (unpaired) electrons. The van der Waals surface area contributed by atoms with E-state index in [4.69, 9.17) is 14.5 Å². The summed E-state index contributed by atoms with van der Waals surface area (Å²) < 4.78 is 22.4. The van der Waals surface area contributed by atoms with Crippen molar-refractivity contribution in [3.05, 3.63) is 0 Å². The van der Waals surface area contributed by atoms with Gasteiger partial charge in [0.25, 0.3) is 0 Å². The summed E-state index contributed by atoms with van der Waals surface area (Å²) in [5.41, 5.74) is 0. The Balaban J connectivity index is 3.81. The molecule has 0 aliphatic heterocycles. The summed E-state index contributed by atoms with van der Waals surface area (Å²) in [6.07, 6.45) is -3.20. The van der Waals surface area contributed by atoms with Crippen LogP contribution in [0, 0.1) is 0 Å². The van der Waals surface area contributed by atoms with Crippen molar-refractivity contribution in [2.75, 3.05) is 12.7 Å². The second kappa shape index (κ2) is 9.89. The van der Waals surface area contributed by atoms with Crippen LogP contribution in [0.15, 0.2) is 0 Å². The highest BCUT2D eigenvalue weighted by molar-refractivity contribution is 7.45. The number of carbonyl (C=O) groups is 2. The second-order valence-corrected chi connectivity index (χ2v) is 4.86. The highest BCUT2D eigenvalue weighted by atomic mass is 31.2. The van der Waals surface area contributed by atoms with Crippen molar-refractivity contribution >= 4 is 20.4 Å². The van der Waals surface area contributed by atoms with E-state index in [0.29, 0.717) is 6.42 Å². The number of amides is 1. The molecule has 0 aliphatic rings. The first-order valence-corrected chi connectivity index (χ1v) is 7.21. The predicted octanol–water partition coefficient (Wildman–Crippen LogP) is 1.04. The fraction of sp³-hybridized carbons (Fsp3) is 0.800. The van der Waals surface area contributed by atoms with Crippen LogP contribution in [-0.2, 0) is 14.3 Å². The number of alkyl carbamates (subject to hydrolysis) is 1. The van der Waals surface area contributed by atoms with E-state index in [0.717, 1.165) is 0 Å². The molecule has 0 spiro atoms. The maximum atomic E-state index is 13.0. The van der Waals surface area contributed by atoms with Crippen molar-refractivity contribution in [1.29, 1.82) is 0 Å². The third-order valence-corrected chi connectivity index (χ3v) is 2.58. The Kier molecular flexibility index (Phi) is 9.38. The van der Waals surface area contributed by atoms with Gasteiger partial charge in [0, 0.05) is 13.3 Å². The molecule has 7 nitrogen and oxygen atoms in total. The average molecular weight is 299 g/mol. The average Bonchev–Trinajstić information content (AvgIpc) is 2.25. The third-order valence-electron chi connectivity index (χ3n) is 1.85. The van der Waals surface area contributed by atoms with E-state index < -0.39 is 45.6 Å². The number of rotatable bonds is 8. The summed E-state index contributed by atoms with van der Waals surface area (Å²) in [4.78, 5) is 39.4. The molecule has 3 N–H and O–H groups in total. The SMILES string of the molecule is CCCC(=O)OC(C)OC(=O)NC[C@H](F)CP(O)O. The molecule has 0 rings (SSSR count). The predicted molar refractivity (Wildman–Crippen MR) is 66.1 cm³/mol. The van der Waals surface area contributed by atoms with Gasteiger partial charge in [-0.25, -0.2) is 9.18 Å². The van der Waals surface area contributed by atoms with Crippen LogP contribution in [0.5, 0.6) is 0 Å². The number of carbonyl (C=O) groups excluding carboxylic acids is 2. The first-order valence-electron chi connectivity index (χ1n) is 5.78. The standard InChI is InChI=1S/C10H19FNO6P/c1-3-4-9(13)17-7(2)18-10(14)12-5-8(11)6-19(15)16/h7-8,15-16H,3-6H2,1-2H3,(H,12,14)/t7?,8-/m0/s1. The molecule has 2 atom stereocenters.